The fraction of sp³-hybridized carbons (Fsp3) is 0.0667. The average Bonchev–Trinajstić information content (AvgIpc) is 3.73. The third-order valence-corrected chi connectivity index (χ3v) is 7.25. The molecule has 0 aliphatic carbocycles. The summed E-state index contributed by atoms with van der Waals surface area (Å²) in [4.78, 5) is 17.8. The van der Waals surface area contributed by atoms with Crippen LogP contribution in [0, 0.1) is 0 Å². The van der Waals surface area contributed by atoms with Gasteiger partial charge in [0.15, 0.2) is 11.5 Å². The molecule has 0 amide bonds. The quantitative estimate of drug-likeness (QED) is 0.224. The van der Waals surface area contributed by atoms with Crippen molar-refractivity contribution in [2.75, 3.05) is 0 Å². The summed E-state index contributed by atoms with van der Waals surface area (Å²) in [5.74, 6) is 0.690. The first-order valence-corrected chi connectivity index (χ1v) is 13.3. The Bertz CT molecular complexity index is 1850. The zero-order valence-corrected chi connectivity index (χ0v) is 21.2. The Balaban J connectivity index is 1.20. The number of fused-ring (bicyclic) bond motifs is 2. The van der Waals surface area contributed by atoms with E-state index in [0.29, 0.717) is 11.5 Å². The van der Waals surface area contributed by atoms with Gasteiger partial charge in [0.05, 0.1) is 22.2 Å². The standard InChI is InChI=1S/C30H23N7S/c1-2-5-19(6-3-1)14-31-15-20-13-22(17-32-16-20)24-9-10-26-28(33-24)29(37-36-26)30-34-25-8-4-7-23(27(25)35-30)21-11-12-38-18-21/h1-13,16-18,31H,14-15H2,(H,34,35)(H,36,37). The Kier molecular flexibility index (Phi) is 5.73. The fourth-order valence-corrected chi connectivity index (χ4v) is 5.35. The molecule has 0 aliphatic rings. The van der Waals surface area contributed by atoms with Crippen molar-refractivity contribution >= 4 is 33.4 Å². The zero-order valence-electron chi connectivity index (χ0n) is 20.3. The number of nitrogens with zero attached hydrogens (tertiary/aromatic N) is 4. The lowest BCUT2D eigenvalue weighted by atomic mass is 10.1. The minimum absolute atomic E-state index is 0.690. The number of hydrogen-bond acceptors (Lipinski definition) is 6. The molecule has 0 radical (unpaired) electrons. The highest BCUT2D eigenvalue weighted by molar-refractivity contribution is 7.08. The van der Waals surface area contributed by atoms with Gasteiger partial charge in [0.25, 0.3) is 0 Å². The SMILES string of the molecule is c1ccc(CNCc2cncc(-c3ccc4[nH]nc(-c5nc6c(-c7ccsc7)cccc6[nH]5)c4n3)c2)cc1. The van der Waals surface area contributed by atoms with Crippen molar-refractivity contribution in [2.24, 2.45) is 0 Å². The number of aromatic amines is 2. The summed E-state index contributed by atoms with van der Waals surface area (Å²) in [5.41, 5.74) is 10.6. The van der Waals surface area contributed by atoms with Gasteiger partial charge in [0.1, 0.15) is 5.52 Å². The first-order chi connectivity index (χ1) is 18.8. The number of para-hydroxylation sites is 1. The Morgan fingerprint density at radius 1 is 0.763 bits per heavy atom. The molecule has 3 N–H and O–H groups in total. The summed E-state index contributed by atoms with van der Waals surface area (Å²) in [6.45, 7) is 1.53. The van der Waals surface area contributed by atoms with E-state index in [9.17, 15) is 0 Å². The zero-order chi connectivity index (χ0) is 25.3. The number of benzene rings is 2. The van der Waals surface area contributed by atoms with Crippen molar-refractivity contribution in [1.29, 1.82) is 0 Å². The van der Waals surface area contributed by atoms with Crippen LogP contribution in [0.2, 0.25) is 0 Å². The Morgan fingerprint density at radius 3 is 2.58 bits per heavy atom. The Morgan fingerprint density at radius 2 is 1.68 bits per heavy atom. The van der Waals surface area contributed by atoms with E-state index in [1.807, 2.05) is 42.7 Å². The molecular formula is C30H23N7S. The van der Waals surface area contributed by atoms with E-state index >= 15 is 0 Å². The first kappa shape index (κ1) is 22.5. The van der Waals surface area contributed by atoms with Crippen LogP contribution >= 0.6 is 11.3 Å². The molecule has 0 atom stereocenters. The van der Waals surface area contributed by atoms with E-state index in [0.717, 1.165) is 63.1 Å². The molecule has 5 aromatic heterocycles. The molecule has 2 aromatic carbocycles. The maximum Gasteiger partial charge on any atom is 0.161 e. The van der Waals surface area contributed by atoms with Crippen molar-refractivity contribution < 1.29 is 0 Å². The number of hydrogen-bond donors (Lipinski definition) is 3. The minimum atomic E-state index is 0.690. The van der Waals surface area contributed by atoms with Gasteiger partial charge in [-0.15, -0.1) is 0 Å². The highest BCUT2D eigenvalue weighted by Crippen LogP contribution is 2.32. The summed E-state index contributed by atoms with van der Waals surface area (Å²) in [6.07, 6.45) is 3.74. The normalized spacial score (nSPS) is 11.5. The lowest BCUT2D eigenvalue weighted by Gasteiger charge is -2.07. The molecule has 5 heterocycles. The Labute approximate surface area is 222 Å². The van der Waals surface area contributed by atoms with E-state index in [-0.39, 0.29) is 0 Å². The summed E-state index contributed by atoms with van der Waals surface area (Å²) in [6, 6.07) is 24.8. The first-order valence-electron chi connectivity index (χ1n) is 12.4. The van der Waals surface area contributed by atoms with E-state index in [1.54, 1.807) is 11.3 Å². The van der Waals surface area contributed by atoms with Crippen LogP contribution in [0.1, 0.15) is 11.1 Å². The molecule has 0 spiro atoms. The third-order valence-electron chi connectivity index (χ3n) is 6.57. The second kappa shape index (κ2) is 9.66. The highest BCUT2D eigenvalue weighted by Gasteiger charge is 2.17. The van der Waals surface area contributed by atoms with Crippen LogP contribution in [0.3, 0.4) is 0 Å². The van der Waals surface area contributed by atoms with Gasteiger partial charge >= 0.3 is 0 Å². The second-order valence-corrected chi connectivity index (χ2v) is 9.92. The van der Waals surface area contributed by atoms with Gasteiger partial charge < -0.3 is 10.3 Å². The smallest absolute Gasteiger partial charge is 0.161 e. The number of H-pyrrole nitrogens is 2. The van der Waals surface area contributed by atoms with Crippen LogP contribution in [-0.2, 0) is 13.1 Å². The van der Waals surface area contributed by atoms with Crippen LogP contribution in [0.5, 0.6) is 0 Å². The summed E-state index contributed by atoms with van der Waals surface area (Å²) < 4.78 is 0. The third kappa shape index (κ3) is 4.26. The minimum Gasteiger partial charge on any atom is -0.336 e. The molecule has 0 fully saturated rings. The molecular weight excluding hydrogens is 490 g/mol. The summed E-state index contributed by atoms with van der Waals surface area (Å²) in [5, 5.41) is 15.4. The molecule has 0 bridgehead atoms. The topological polar surface area (TPSA) is 95.2 Å². The van der Waals surface area contributed by atoms with Crippen LogP contribution in [-0.4, -0.2) is 30.1 Å². The molecule has 0 unspecified atom stereocenters. The van der Waals surface area contributed by atoms with Gasteiger partial charge in [0, 0.05) is 36.6 Å². The van der Waals surface area contributed by atoms with Gasteiger partial charge in [-0.2, -0.15) is 16.4 Å². The monoisotopic (exact) mass is 513 g/mol. The predicted molar refractivity (Wildman–Crippen MR) is 153 cm³/mol. The maximum absolute atomic E-state index is 4.98. The molecule has 184 valence electrons. The lowest BCUT2D eigenvalue weighted by Crippen LogP contribution is -2.12. The summed E-state index contributed by atoms with van der Waals surface area (Å²) >= 11 is 1.68. The molecule has 7 rings (SSSR count). The predicted octanol–water partition coefficient (Wildman–Crippen LogP) is 6.58. The molecule has 8 heteroatoms. The summed E-state index contributed by atoms with van der Waals surface area (Å²) in [7, 11) is 0. The van der Waals surface area contributed by atoms with E-state index in [2.05, 4.69) is 78.7 Å². The number of aromatic nitrogens is 6. The van der Waals surface area contributed by atoms with Crippen LogP contribution < -0.4 is 5.32 Å². The van der Waals surface area contributed by atoms with Gasteiger partial charge in [0.2, 0.25) is 0 Å². The number of thiophene rings is 1. The van der Waals surface area contributed by atoms with Gasteiger partial charge in [-0.25, -0.2) is 9.97 Å². The van der Waals surface area contributed by atoms with E-state index < -0.39 is 0 Å². The molecule has 0 saturated heterocycles. The lowest BCUT2D eigenvalue weighted by molar-refractivity contribution is 0.691. The van der Waals surface area contributed by atoms with Crippen molar-refractivity contribution in [2.45, 2.75) is 13.1 Å². The van der Waals surface area contributed by atoms with Crippen LogP contribution in [0.15, 0.2) is 96.0 Å². The van der Waals surface area contributed by atoms with Crippen molar-refractivity contribution in [3.8, 4) is 33.9 Å². The van der Waals surface area contributed by atoms with Crippen LogP contribution in [0.4, 0.5) is 0 Å². The van der Waals surface area contributed by atoms with Crippen molar-refractivity contribution in [1.82, 2.24) is 35.5 Å². The van der Waals surface area contributed by atoms with Gasteiger partial charge in [-0.1, -0.05) is 42.5 Å². The molecule has 0 saturated carbocycles. The van der Waals surface area contributed by atoms with Crippen LogP contribution in [0.25, 0.3) is 56.0 Å². The molecule has 0 aliphatic heterocycles. The van der Waals surface area contributed by atoms with E-state index in [4.69, 9.17) is 9.97 Å². The molecule has 7 aromatic rings. The largest absolute Gasteiger partial charge is 0.336 e. The Hall–Kier alpha value is -4.66. The average molecular weight is 514 g/mol. The van der Waals surface area contributed by atoms with Crippen molar-refractivity contribution in [3.05, 3.63) is 107 Å². The molecule has 7 nitrogen and oxygen atoms in total. The van der Waals surface area contributed by atoms with Gasteiger partial charge in [-0.05, 0) is 57.8 Å². The molecule has 38 heavy (non-hydrogen) atoms. The number of pyridine rings is 2. The highest BCUT2D eigenvalue weighted by atomic mass is 32.1. The second-order valence-electron chi connectivity index (χ2n) is 9.14. The number of imidazole rings is 1. The maximum atomic E-state index is 4.98. The van der Waals surface area contributed by atoms with Gasteiger partial charge in [-0.3, -0.25) is 10.1 Å². The number of rotatable bonds is 7. The number of nitrogens with one attached hydrogen (secondary N) is 3. The fourth-order valence-electron chi connectivity index (χ4n) is 4.69. The van der Waals surface area contributed by atoms with E-state index in [1.165, 1.54) is 5.56 Å². The van der Waals surface area contributed by atoms with Crippen molar-refractivity contribution in [3.63, 3.8) is 0 Å².